The molecule has 42 heavy (non-hydrogen) atoms. The number of ether oxygens (including phenoxy) is 1. The van der Waals surface area contributed by atoms with E-state index in [1.165, 1.54) is 24.3 Å². The van der Waals surface area contributed by atoms with E-state index >= 15 is 4.39 Å². The number of alkyl halides is 2. The summed E-state index contributed by atoms with van der Waals surface area (Å²) < 4.78 is 33.4. The van der Waals surface area contributed by atoms with Crippen LogP contribution in [0.15, 0.2) is 48.5 Å². The normalized spacial score (nSPS) is 17.4. The second-order valence-electron chi connectivity index (χ2n) is 10.6. The Balaban J connectivity index is 1.51. The van der Waals surface area contributed by atoms with Crippen molar-refractivity contribution in [3.05, 3.63) is 91.9 Å². The number of carbonyl (C=O) groups is 3. The van der Waals surface area contributed by atoms with Crippen LogP contribution < -0.4 is 10.6 Å². The van der Waals surface area contributed by atoms with Crippen molar-refractivity contribution < 1.29 is 27.9 Å². The molecule has 1 fully saturated rings. The molecule has 2 N–H and O–H groups in total. The maximum Gasteiger partial charge on any atom is 0.412 e. The topological polar surface area (TPSA) is 84.5 Å². The minimum absolute atomic E-state index is 0.0104. The van der Waals surface area contributed by atoms with Crippen LogP contribution in [0.3, 0.4) is 0 Å². The van der Waals surface area contributed by atoms with Gasteiger partial charge in [0, 0.05) is 39.2 Å². The van der Waals surface area contributed by atoms with E-state index in [-0.39, 0.29) is 22.0 Å². The Hall–Kier alpha value is -2.62. The summed E-state index contributed by atoms with van der Waals surface area (Å²) in [6.45, 7) is 4.87. The first-order chi connectivity index (χ1) is 19.5. The summed E-state index contributed by atoms with van der Waals surface area (Å²) in [4.78, 5) is 38.3. The number of benzene rings is 3. The molecule has 2 amide bonds. The number of hydrogen-bond donors (Lipinski definition) is 2. The van der Waals surface area contributed by atoms with E-state index in [4.69, 9.17) is 62.7 Å². The minimum Gasteiger partial charge on any atom is -0.444 e. The van der Waals surface area contributed by atoms with Gasteiger partial charge in [-0.25, -0.2) is 13.6 Å². The van der Waals surface area contributed by atoms with E-state index in [1.807, 2.05) is 0 Å². The Kier molecular flexibility index (Phi) is 9.36. The molecular formula is C29H23Cl5F2N2O4. The maximum absolute atomic E-state index is 15.2. The van der Waals surface area contributed by atoms with Crippen LogP contribution in [0.2, 0.25) is 15.1 Å². The van der Waals surface area contributed by atoms with Crippen LogP contribution in [0.25, 0.3) is 0 Å². The van der Waals surface area contributed by atoms with Crippen molar-refractivity contribution in [1.29, 1.82) is 0 Å². The summed E-state index contributed by atoms with van der Waals surface area (Å²) in [6.07, 6.45) is -1.68. The lowest BCUT2D eigenvalue weighted by atomic mass is 10.0. The molecule has 1 saturated carbocycles. The van der Waals surface area contributed by atoms with Gasteiger partial charge in [0.1, 0.15) is 15.8 Å². The van der Waals surface area contributed by atoms with Gasteiger partial charge in [-0.05, 0) is 74.9 Å². The van der Waals surface area contributed by atoms with Gasteiger partial charge in [0.15, 0.2) is 11.6 Å². The highest BCUT2D eigenvalue weighted by Crippen LogP contribution is 2.65. The SMILES string of the molecule is CC(C)(C)OC(=O)Nc1ccc(F)c(CC(=O)c2cc(NC(=O)C3C(c4cc(Cl)cc(Cl)c4)C3(Cl)Cl)ccc2Cl)c1F. The first-order valence-electron chi connectivity index (χ1n) is 12.4. The molecule has 3 aromatic rings. The van der Waals surface area contributed by atoms with Crippen molar-refractivity contribution in [2.75, 3.05) is 10.6 Å². The van der Waals surface area contributed by atoms with Gasteiger partial charge >= 0.3 is 6.09 Å². The number of ketones is 1. The van der Waals surface area contributed by atoms with Gasteiger partial charge < -0.3 is 10.1 Å². The van der Waals surface area contributed by atoms with Crippen LogP contribution in [0.1, 0.15) is 48.2 Å². The Morgan fingerprint density at radius 1 is 0.929 bits per heavy atom. The van der Waals surface area contributed by atoms with Crippen molar-refractivity contribution in [2.24, 2.45) is 5.92 Å². The highest BCUT2D eigenvalue weighted by Gasteiger charge is 2.67. The van der Waals surface area contributed by atoms with Crippen LogP contribution in [0, 0.1) is 17.6 Å². The number of carbonyl (C=O) groups excluding carboxylic acids is 3. The third-order valence-corrected chi connectivity index (χ3v) is 7.98. The smallest absolute Gasteiger partial charge is 0.412 e. The van der Waals surface area contributed by atoms with Gasteiger partial charge in [-0.2, -0.15) is 0 Å². The first kappa shape index (κ1) is 32.3. The fraction of sp³-hybridized carbons (Fsp3) is 0.276. The highest BCUT2D eigenvalue weighted by atomic mass is 35.5. The summed E-state index contributed by atoms with van der Waals surface area (Å²) in [6, 6.07) is 10.8. The van der Waals surface area contributed by atoms with Gasteiger partial charge in [0.05, 0.1) is 16.6 Å². The van der Waals surface area contributed by atoms with Crippen LogP contribution in [-0.2, 0) is 16.0 Å². The number of hydrogen-bond acceptors (Lipinski definition) is 4. The van der Waals surface area contributed by atoms with Crippen molar-refractivity contribution in [3.8, 4) is 0 Å². The van der Waals surface area contributed by atoms with Crippen LogP contribution in [0.4, 0.5) is 25.0 Å². The van der Waals surface area contributed by atoms with Crippen LogP contribution in [-0.4, -0.2) is 27.7 Å². The molecule has 1 aliphatic carbocycles. The van der Waals surface area contributed by atoms with Gasteiger partial charge in [-0.3, -0.25) is 14.9 Å². The summed E-state index contributed by atoms with van der Waals surface area (Å²) in [7, 11) is 0. The molecule has 6 nitrogen and oxygen atoms in total. The summed E-state index contributed by atoms with van der Waals surface area (Å²) in [5, 5.41) is 5.56. The number of halogens is 7. The zero-order valence-corrected chi connectivity index (χ0v) is 26.0. The fourth-order valence-electron chi connectivity index (χ4n) is 4.38. The standard InChI is InChI=1S/C29H23Cl5F2N2O4/c1-28(2,3)42-27(41)38-21-7-6-20(35)18(25(21)36)12-22(39)17-11-16(4-5-19(17)32)37-26(40)24-23(29(24,33)34)13-8-14(30)10-15(31)9-13/h4-11,23-24H,12H2,1-3H3,(H,37,40)(H,38,41). The number of anilines is 2. The molecule has 2 atom stereocenters. The lowest BCUT2D eigenvalue weighted by Crippen LogP contribution is -2.27. The Morgan fingerprint density at radius 2 is 1.57 bits per heavy atom. The van der Waals surface area contributed by atoms with Crippen LogP contribution in [0.5, 0.6) is 0 Å². The minimum atomic E-state index is -1.43. The molecule has 4 rings (SSSR count). The monoisotopic (exact) mass is 676 g/mol. The van der Waals surface area contributed by atoms with E-state index < -0.39 is 63.2 Å². The van der Waals surface area contributed by atoms with E-state index in [2.05, 4.69) is 10.6 Å². The summed E-state index contributed by atoms with van der Waals surface area (Å²) in [5.74, 6) is -4.90. The van der Waals surface area contributed by atoms with Crippen LogP contribution >= 0.6 is 58.0 Å². The zero-order chi connectivity index (χ0) is 31.1. The molecule has 0 radical (unpaired) electrons. The predicted molar refractivity (Wildman–Crippen MR) is 161 cm³/mol. The molecule has 0 bridgehead atoms. The van der Waals surface area contributed by atoms with Crippen molar-refractivity contribution >= 4 is 87.2 Å². The van der Waals surface area contributed by atoms with E-state index in [0.29, 0.717) is 15.6 Å². The van der Waals surface area contributed by atoms with Gasteiger partial charge in [-0.1, -0.05) is 34.8 Å². The highest BCUT2D eigenvalue weighted by molar-refractivity contribution is 6.53. The molecule has 1 aliphatic rings. The fourth-order valence-corrected chi connectivity index (χ4v) is 5.98. The quantitative estimate of drug-likeness (QED) is 0.193. The number of Topliss-reactive ketones (excluding diaryl/α,β-unsaturated/α-hetero) is 1. The number of rotatable bonds is 7. The van der Waals surface area contributed by atoms with Crippen molar-refractivity contribution in [3.63, 3.8) is 0 Å². The number of amides is 2. The molecule has 3 aromatic carbocycles. The number of nitrogens with one attached hydrogen (secondary N) is 2. The molecule has 0 spiro atoms. The zero-order valence-electron chi connectivity index (χ0n) is 22.3. The maximum atomic E-state index is 15.2. The second kappa shape index (κ2) is 12.2. The Labute approximate surface area is 265 Å². The average molecular weight is 679 g/mol. The summed E-state index contributed by atoms with van der Waals surface area (Å²) in [5.41, 5.74) is -1.16. The van der Waals surface area contributed by atoms with Crippen molar-refractivity contribution in [1.82, 2.24) is 0 Å². The lowest BCUT2D eigenvalue weighted by Gasteiger charge is -2.20. The molecular weight excluding hydrogens is 656 g/mol. The largest absolute Gasteiger partial charge is 0.444 e. The molecule has 222 valence electrons. The van der Waals surface area contributed by atoms with E-state index in [9.17, 15) is 18.8 Å². The Bertz CT molecular complexity index is 1570. The predicted octanol–water partition coefficient (Wildman–Crippen LogP) is 9.22. The van der Waals surface area contributed by atoms with Gasteiger partial charge in [0.2, 0.25) is 5.91 Å². The van der Waals surface area contributed by atoms with Gasteiger partial charge in [-0.15, -0.1) is 23.2 Å². The Morgan fingerprint density at radius 3 is 2.19 bits per heavy atom. The average Bonchev–Trinajstić information content (AvgIpc) is 3.45. The molecule has 0 heterocycles. The third kappa shape index (κ3) is 7.29. The van der Waals surface area contributed by atoms with Gasteiger partial charge in [0.25, 0.3) is 0 Å². The van der Waals surface area contributed by atoms with E-state index in [1.54, 1.807) is 32.9 Å². The summed E-state index contributed by atoms with van der Waals surface area (Å²) >= 11 is 31.2. The van der Waals surface area contributed by atoms with Crippen molar-refractivity contribution in [2.45, 2.75) is 43.0 Å². The second-order valence-corrected chi connectivity index (χ2v) is 13.4. The lowest BCUT2D eigenvalue weighted by molar-refractivity contribution is -0.117. The molecule has 0 saturated heterocycles. The molecule has 2 unspecified atom stereocenters. The molecule has 0 aromatic heterocycles. The van der Waals surface area contributed by atoms with E-state index in [0.717, 1.165) is 12.1 Å². The molecule has 13 heteroatoms. The third-order valence-electron chi connectivity index (χ3n) is 6.27. The first-order valence-corrected chi connectivity index (χ1v) is 14.3. The molecule has 0 aliphatic heterocycles.